The summed E-state index contributed by atoms with van der Waals surface area (Å²) in [5.74, 6) is -1.02. The minimum atomic E-state index is -0.588. The van der Waals surface area contributed by atoms with Crippen LogP contribution in [-0.4, -0.2) is 15.9 Å². The van der Waals surface area contributed by atoms with Crippen LogP contribution in [0.25, 0.3) is 0 Å². The molecule has 0 unspecified atom stereocenters. The lowest BCUT2D eigenvalue weighted by Crippen LogP contribution is -2.14. The highest BCUT2D eigenvalue weighted by Gasteiger charge is 2.11. The number of amides is 1. The second-order valence-corrected chi connectivity index (χ2v) is 4.62. The molecule has 0 aliphatic carbocycles. The molecule has 0 radical (unpaired) electrons. The lowest BCUT2D eigenvalue weighted by molar-refractivity contribution is 0.102. The van der Waals surface area contributed by atoms with E-state index in [0.717, 1.165) is 24.7 Å². The third-order valence-corrected chi connectivity index (χ3v) is 2.83. The van der Waals surface area contributed by atoms with Gasteiger partial charge in [0.15, 0.2) is 5.82 Å². The van der Waals surface area contributed by atoms with Crippen molar-refractivity contribution >= 4 is 23.2 Å². The van der Waals surface area contributed by atoms with Gasteiger partial charge in [-0.05, 0) is 24.6 Å². The molecule has 6 heteroatoms. The van der Waals surface area contributed by atoms with Gasteiger partial charge in [-0.25, -0.2) is 9.37 Å². The first kappa shape index (κ1) is 14.4. The van der Waals surface area contributed by atoms with Gasteiger partial charge in [0.05, 0.1) is 11.9 Å². The van der Waals surface area contributed by atoms with E-state index in [1.807, 2.05) is 6.92 Å². The van der Waals surface area contributed by atoms with Gasteiger partial charge in [0, 0.05) is 17.5 Å². The molecule has 1 N–H and O–H groups in total. The van der Waals surface area contributed by atoms with Crippen LogP contribution < -0.4 is 5.32 Å². The Bertz CT molecular complexity index is 634. The summed E-state index contributed by atoms with van der Waals surface area (Å²) in [5.41, 5.74) is 1.17. The van der Waals surface area contributed by atoms with Crippen molar-refractivity contribution in [1.29, 1.82) is 0 Å². The van der Waals surface area contributed by atoms with Crippen molar-refractivity contribution in [2.24, 2.45) is 0 Å². The highest BCUT2D eigenvalue weighted by Crippen LogP contribution is 2.16. The van der Waals surface area contributed by atoms with Gasteiger partial charge in [-0.3, -0.25) is 9.78 Å². The molecule has 2 aromatic rings. The van der Waals surface area contributed by atoms with Crippen LogP contribution in [0.5, 0.6) is 0 Å². The average Bonchev–Trinajstić information content (AvgIpc) is 2.41. The first-order valence-corrected chi connectivity index (χ1v) is 6.55. The van der Waals surface area contributed by atoms with Crippen LogP contribution in [0.15, 0.2) is 30.6 Å². The van der Waals surface area contributed by atoms with Crippen molar-refractivity contribution in [1.82, 2.24) is 9.97 Å². The number of aromatic nitrogens is 2. The van der Waals surface area contributed by atoms with Gasteiger partial charge in [0.25, 0.3) is 5.91 Å². The first-order valence-electron chi connectivity index (χ1n) is 6.17. The van der Waals surface area contributed by atoms with Crippen LogP contribution in [0, 0.1) is 5.82 Å². The number of pyridine rings is 2. The van der Waals surface area contributed by atoms with Crippen LogP contribution in [0.3, 0.4) is 0 Å². The number of hydrogen-bond donors (Lipinski definition) is 1. The number of rotatable bonds is 4. The summed E-state index contributed by atoms with van der Waals surface area (Å²) in [7, 11) is 0. The summed E-state index contributed by atoms with van der Waals surface area (Å²) in [6.45, 7) is 2.01. The summed E-state index contributed by atoms with van der Waals surface area (Å²) in [6.07, 6.45) is 4.07. The molecule has 2 aromatic heterocycles. The van der Waals surface area contributed by atoms with Crippen molar-refractivity contribution in [2.45, 2.75) is 19.8 Å². The summed E-state index contributed by atoms with van der Waals surface area (Å²) >= 11 is 5.89. The molecule has 0 spiro atoms. The quantitative estimate of drug-likeness (QED) is 0.878. The topological polar surface area (TPSA) is 54.9 Å². The molecule has 0 bridgehead atoms. The summed E-state index contributed by atoms with van der Waals surface area (Å²) < 4.78 is 13.4. The number of halogens is 2. The van der Waals surface area contributed by atoms with Crippen LogP contribution >= 0.6 is 11.6 Å². The van der Waals surface area contributed by atoms with Gasteiger partial charge in [-0.15, -0.1) is 0 Å². The molecule has 1 amide bonds. The number of nitrogens with one attached hydrogen (secondary N) is 1. The third kappa shape index (κ3) is 3.51. The predicted molar refractivity (Wildman–Crippen MR) is 75.4 cm³/mol. The van der Waals surface area contributed by atoms with E-state index < -0.39 is 11.7 Å². The van der Waals surface area contributed by atoms with Crippen molar-refractivity contribution in [3.8, 4) is 0 Å². The Balaban J connectivity index is 2.23. The maximum absolute atomic E-state index is 13.4. The van der Waals surface area contributed by atoms with Gasteiger partial charge in [-0.1, -0.05) is 24.9 Å². The fourth-order valence-electron chi connectivity index (χ4n) is 1.74. The number of aryl methyl sites for hydroxylation is 1. The van der Waals surface area contributed by atoms with Crippen molar-refractivity contribution < 1.29 is 9.18 Å². The third-order valence-electron chi connectivity index (χ3n) is 2.64. The second kappa shape index (κ2) is 6.43. The fourth-order valence-corrected chi connectivity index (χ4v) is 1.96. The molecular weight excluding hydrogens is 281 g/mol. The maximum Gasteiger partial charge on any atom is 0.255 e. The zero-order valence-corrected chi connectivity index (χ0v) is 11.6. The fraction of sp³-hybridized carbons (Fsp3) is 0.214. The molecule has 0 aliphatic rings. The molecule has 0 aliphatic heterocycles. The smallest absolute Gasteiger partial charge is 0.255 e. The van der Waals surface area contributed by atoms with Crippen molar-refractivity contribution in [3.05, 3.63) is 52.8 Å². The van der Waals surface area contributed by atoms with Gasteiger partial charge in [0.2, 0.25) is 0 Å². The lowest BCUT2D eigenvalue weighted by atomic mass is 10.1. The maximum atomic E-state index is 13.4. The van der Waals surface area contributed by atoms with E-state index >= 15 is 0 Å². The van der Waals surface area contributed by atoms with Crippen molar-refractivity contribution in [3.63, 3.8) is 0 Å². The molecule has 0 fully saturated rings. The van der Waals surface area contributed by atoms with Gasteiger partial charge in [0.1, 0.15) is 5.15 Å². The molecule has 2 heterocycles. The zero-order chi connectivity index (χ0) is 14.5. The van der Waals surface area contributed by atoms with Crippen molar-refractivity contribution in [2.75, 3.05) is 5.32 Å². The lowest BCUT2D eigenvalue weighted by Gasteiger charge is -2.07. The molecule has 0 atom stereocenters. The Hall–Kier alpha value is -2.01. The van der Waals surface area contributed by atoms with Gasteiger partial charge >= 0.3 is 0 Å². The van der Waals surface area contributed by atoms with E-state index in [4.69, 9.17) is 11.6 Å². The minimum Gasteiger partial charge on any atom is -0.319 e. The number of nitrogens with zero attached hydrogens (tertiary/aromatic N) is 2. The normalized spacial score (nSPS) is 10.3. The Morgan fingerprint density at radius 2 is 2.25 bits per heavy atom. The number of carbonyl (C=O) groups excluding carboxylic acids is 1. The minimum absolute atomic E-state index is 0.0787. The number of carbonyl (C=O) groups is 1. The first-order chi connectivity index (χ1) is 9.60. The Kier molecular flexibility index (Phi) is 4.63. The molecule has 20 heavy (non-hydrogen) atoms. The van der Waals surface area contributed by atoms with E-state index in [9.17, 15) is 9.18 Å². The second-order valence-electron chi connectivity index (χ2n) is 4.23. The average molecular weight is 294 g/mol. The van der Waals surface area contributed by atoms with E-state index in [0.29, 0.717) is 5.56 Å². The molecule has 104 valence electrons. The monoisotopic (exact) mass is 293 g/mol. The largest absolute Gasteiger partial charge is 0.319 e. The van der Waals surface area contributed by atoms with Gasteiger partial charge in [-0.2, -0.15) is 0 Å². The Labute approximate surface area is 121 Å². The summed E-state index contributed by atoms with van der Waals surface area (Å²) in [5, 5.41) is 2.73. The van der Waals surface area contributed by atoms with E-state index in [1.165, 1.54) is 18.3 Å². The molecular formula is C14H13ClFN3O. The Morgan fingerprint density at radius 1 is 1.45 bits per heavy atom. The molecule has 0 aromatic carbocycles. The van der Waals surface area contributed by atoms with Gasteiger partial charge < -0.3 is 5.32 Å². The highest BCUT2D eigenvalue weighted by atomic mass is 35.5. The van der Waals surface area contributed by atoms with E-state index in [-0.39, 0.29) is 10.8 Å². The zero-order valence-electron chi connectivity index (χ0n) is 10.9. The van der Waals surface area contributed by atoms with Crippen LogP contribution in [0.1, 0.15) is 29.4 Å². The van der Waals surface area contributed by atoms with Crippen LogP contribution in [0.2, 0.25) is 5.15 Å². The molecule has 0 saturated carbocycles. The molecule has 0 saturated heterocycles. The van der Waals surface area contributed by atoms with E-state index in [2.05, 4.69) is 15.3 Å². The van der Waals surface area contributed by atoms with E-state index in [1.54, 1.807) is 6.07 Å². The highest BCUT2D eigenvalue weighted by molar-refractivity contribution is 6.29. The molecule has 2 rings (SSSR count). The molecule has 4 nitrogen and oxygen atoms in total. The van der Waals surface area contributed by atoms with Crippen LogP contribution in [-0.2, 0) is 6.42 Å². The number of anilines is 1. The SMILES string of the molecule is CCCc1cc(C(=O)Nc2ccncc2F)cc(Cl)n1. The summed E-state index contributed by atoms with van der Waals surface area (Å²) in [6, 6.07) is 4.50. The predicted octanol–water partition coefficient (Wildman–Crippen LogP) is 3.47. The number of hydrogen-bond acceptors (Lipinski definition) is 3. The summed E-state index contributed by atoms with van der Waals surface area (Å²) in [4.78, 5) is 19.8. The standard InChI is InChI=1S/C14H13ClFN3O/c1-2-3-10-6-9(7-13(15)18-10)14(20)19-12-4-5-17-8-11(12)16/h4-8H,2-3H2,1H3,(H,17,19,20). The van der Waals surface area contributed by atoms with Crippen LogP contribution in [0.4, 0.5) is 10.1 Å². The Morgan fingerprint density at radius 3 is 2.95 bits per heavy atom.